The van der Waals surface area contributed by atoms with Crippen molar-refractivity contribution in [1.29, 1.82) is 0 Å². The van der Waals surface area contributed by atoms with Gasteiger partial charge in [0.1, 0.15) is 24.2 Å². The van der Waals surface area contributed by atoms with Crippen LogP contribution in [0.3, 0.4) is 0 Å². The van der Waals surface area contributed by atoms with E-state index in [4.69, 9.17) is 9.47 Å². The van der Waals surface area contributed by atoms with Crippen molar-refractivity contribution in [1.82, 2.24) is 0 Å². The van der Waals surface area contributed by atoms with Crippen molar-refractivity contribution in [2.24, 2.45) is 0 Å². The van der Waals surface area contributed by atoms with Gasteiger partial charge in [0.25, 0.3) is 0 Å². The number of aliphatic carboxylic acids is 1. The molecule has 1 aliphatic heterocycles. The largest absolute Gasteiger partial charge is 0.490 e. The van der Waals surface area contributed by atoms with Crippen molar-refractivity contribution < 1.29 is 27.8 Å². The topological polar surface area (TPSA) is 89.9 Å². The summed E-state index contributed by atoms with van der Waals surface area (Å²) in [5, 5.41) is 10.5. The molecule has 1 saturated heterocycles. The first-order valence-electron chi connectivity index (χ1n) is 14.6. The van der Waals surface area contributed by atoms with E-state index >= 15 is 0 Å². The average molecular weight is 607 g/mol. The highest BCUT2D eigenvalue weighted by atomic mass is 32.2. The summed E-state index contributed by atoms with van der Waals surface area (Å²) in [4.78, 5) is 12.5. The molecule has 6 nitrogen and oxygen atoms in total. The number of benzene rings is 3. The standard InChI is InChI=1S/C34H38O6S2/c1-4-5-26(20-33(35)36)25-7-9-27(10-8-25)39-21-24-6-13-32-31(19-24)34(23(3)41-32)30-12-11-29(18-22(30)2)40-28-14-16-42(37,38)17-15-28/h6-13,18-19,26,28H,4-5,14-17,20-21H2,1-3H3,(H,35,36)/t26-/m0/s1. The molecule has 1 N–H and O–H groups in total. The van der Waals surface area contributed by atoms with Crippen LogP contribution in [0.1, 0.15) is 66.5 Å². The van der Waals surface area contributed by atoms with Gasteiger partial charge in [-0.3, -0.25) is 4.79 Å². The fraction of sp³-hybridized carbons (Fsp3) is 0.382. The molecule has 0 radical (unpaired) electrons. The molecular weight excluding hydrogens is 569 g/mol. The van der Waals surface area contributed by atoms with Crippen LogP contribution in [0.25, 0.3) is 21.2 Å². The Morgan fingerprint density at radius 2 is 1.71 bits per heavy atom. The van der Waals surface area contributed by atoms with Gasteiger partial charge in [-0.15, -0.1) is 11.3 Å². The zero-order chi connectivity index (χ0) is 29.9. The maximum Gasteiger partial charge on any atom is 0.303 e. The van der Waals surface area contributed by atoms with Crippen LogP contribution in [0, 0.1) is 13.8 Å². The van der Waals surface area contributed by atoms with Gasteiger partial charge in [0.05, 0.1) is 17.9 Å². The second-order valence-electron chi connectivity index (χ2n) is 11.3. The molecule has 3 aromatic carbocycles. The predicted molar refractivity (Wildman–Crippen MR) is 170 cm³/mol. The number of sulfone groups is 1. The van der Waals surface area contributed by atoms with Gasteiger partial charge in [-0.1, -0.05) is 37.6 Å². The molecule has 2 heterocycles. The molecular formula is C34H38O6S2. The number of hydrogen-bond acceptors (Lipinski definition) is 6. The third-order valence-corrected chi connectivity index (χ3v) is 10.8. The van der Waals surface area contributed by atoms with E-state index in [1.54, 1.807) is 11.3 Å². The van der Waals surface area contributed by atoms with Gasteiger partial charge in [0, 0.05) is 20.5 Å². The molecule has 8 heteroatoms. The summed E-state index contributed by atoms with van der Waals surface area (Å²) >= 11 is 1.78. The zero-order valence-electron chi connectivity index (χ0n) is 24.4. The molecule has 1 atom stereocenters. The van der Waals surface area contributed by atoms with Crippen molar-refractivity contribution in [3.05, 3.63) is 82.2 Å². The van der Waals surface area contributed by atoms with Gasteiger partial charge in [-0.25, -0.2) is 8.42 Å². The highest BCUT2D eigenvalue weighted by Crippen LogP contribution is 2.41. The van der Waals surface area contributed by atoms with Crippen LogP contribution in [-0.4, -0.2) is 37.1 Å². The van der Waals surface area contributed by atoms with Crippen LogP contribution in [-0.2, 0) is 21.2 Å². The number of carbonyl (C=O) groups is 1. The summed E-state index contributed by atoms with van der Waals surface area (Å²) < 4.78 is 37.0. The first kappa shape index (κ1) is 30.1. The Morgan fingerprint density at radius 3 is 2.38 bits per heavy atom. The second-order valence-corrected chi connectivity index (χ2v) is 14.8. The first-order valence-corrected chi connectivity index (χ1v) is 17.2. The van der Waals surface area contributed by atoms with E-state index in [-0.39, 0.29) is 29.9 Å². The van der Waals surface area contributed by atoms with Crippen molar-refractivity contribution in [3.63, 3.8) is 0 Å². The number of hydrogen-bond donors (Lipinski definition) is 1. The lowest BCUT2D eigenvalue weighted by molar-refractivity contribution is -0.137. The summed E-state index contributed by atoms with van der Waals surface area (Å²) in [6.45, 7) is 6.75. The Labute approximate surface area is 252 Å². The number of aryl methyl sites for hydroxylation is 2. The molecule has 1 fully saturated rings. The van der Waals surface area contributed by atoms with E-state index in [1.807, 2.05) is 30.3 Å². The first-order chi connectivity index (χ1) is 20.1. The highest BCUT2D eigenvalue weighted by Gasteiger charge is 2.25. The molecule has 4 aromatic rings. The van der Waals surface area contributed by atoms with Crippen molar-refractivity contribution >= 4 is 37.2 Å². The van der Waals surface area contributed by atoms with Crippen molar-refractivity contribution in [3.8, 4) is 22.6 Å². The number of thiophene rings is 1. The maximum absolute atomic E-state index is 11.8. The fourth-order valence-electron chi connectivity index (χ4n) is 5.81. The molecule has 42 heavy (non-hydrogen) atoms. The molecule has 0 unspecified atom stereocenters. The lowest BCUT2D eigenvalue weighted by Crippen LogP contribution is -2.30. The average Bonchev–Trinajstić information content (AvgIpc) is 3.28. The Hall–Kier alpha value is -3.36. The quantitative estimate of drug-likeness (QED) is 0.186. The van der Waals surface area contributed by atoms with E-state index in [0.717, 1.165) is 46.6 Å². The van der Waals surface area contributed by atoms with Crippen LogP contribution < -0.4 is 9.47 Å². The van der Waals surface area contributed by atoms with Crippen LogP contribution in [0.2, 0.25) is 0 Å². The van der Waals surface area contributed by atoms with Gasteiger partial charge >= 0.3 is 5.97 Å². The summed E-state index contributed by atoms with van der Waals surface area (Å²) in [6.07, 6.45) is 2.93. The predicted octanol–water partition coefficient (Wildman–Crippen LogP) is 8.08. The van der Waals surface area contributed by atoms with E-state index < -0.39 is 15.8 Å². The van der Waals surface area contributed by atoms with Gasteiger partial charge in [-0.05, 0) is 97.7 Å². The third kappa shape index (κ3) is 7.16. The van der Waals surface area contributed by atoms with Gasteiger partial charge in [0.2, 0.25) is 0 Å². The van der Waals surface area contributed by atoms with Crippen LogP contribution in [0.15, 0.2) is 60.7 Å². The minimum atomic E-state index is -2.92. The molecule has 0 aliphatic carbocycles. The smallest absolute Gasteiger partial charge is 0.303 e. The van der Waals surface area contributed by atoms with Gasteiger partial charge < -0.3 is 14.6 Å². The van der Waals surface area contributed by atoms with Crippen LogP contribution in [0.4, 0.5) is 0 Å². The van der Waals surface area contributed by atoms with Crippen molar-refractivity contribution in [2.75, 3.05) is 11.5 Å². The molecule has 0 saturated carbocycles. The number of carboxylic acids is 1. The van der Waals surface area contributed by atoms with Crippen LogP contribution >= 0.6 is 11.3 Å². The molecule has 222 valence electrons. The highest BCUT2D eigenvalue weighted by molar-refractivity contribution is 7.91. The minimum Gasteiger partial charge on any atom is -0.490 e. The third-order valence-electron chi connectivity index (χ3n) is 8.02. The van der Waals surface area contributed by atoms with Crippen molar-refractivity contribution in [2.45, 2.75) is 71.5 Å². The fourth-order valence-corrected chi connectivity index (χ4v) is 8.32. The molecule has 1 aliphatic rings. The summed E-state index contributed by atoms with van der Waals surface area (Å²) in [5.74, 6) is 1.16. The van der Waals surface area contributed by atoms with E-state index in [9.17, 15) is 18.3 Å². The summed E-state index contributed by atoms with van der Waals surface area (Å²) in [7, 11) is -2.92. The monoisotopic (exact) mass is 606 g/mol. The van der Waals surface area contributed by atoms with E-state index in [0.29, 0.717) is 19.4 Å². The summed E-state index contributed by atoms with van der Waals surface area (Å²) in [6, 6.07) is 20.4. The second kappa shape index (κ2) is 12.9. The number of carboxylic acid groups (broad SMARTS) is 1. The SMILES string of the molecule is CCC[C@@H](CC(=O)O)c1ccc(OCc2ccc3sc(C)c(-c4ccc(OC5CCS(=O)(=O)CC5)cc4C)c3c2)cc1. The number of rotatable bonds is 11. The Balaban J connectivity index is 1.30. The van der Waals surface area contributed by atoms with E-state index in [1.165, 1.54) is 20.5 Å². The Bertz CT molecular complexity index is 1660. The Kier molecular flexibility index (Phi) is 9.23. The summed E-state index contributed by atoms with van der Waals surface area (Å²) in [5.41, 5.74) is 5.60. The number of fused-ring (bicyclic) bond motifs is 1. The molecule has 0 bridgehead atoms. The maximum atomic E-state index is 11.8. The molecule has 0 spiro atoms. The van der Waals surface area contributed by atoms with Gasteiger partial charge in [0.15, 0.2) is 9.84 Å². The normalized spacial score (nSPS) is 15.9. The zero-order valence-corrected chi connectivity index (χ0v) is 26.0. The molecule has 0 amide bonds. The minimum absolute atomic E-state index is 0.0133. The van der Waals surface area contributed by atoms with Crippen LogP contribution in [0.5, 0.6) is 11.5 Å². The Morgan fingerprint density at radius 1 is 1.00 bits per heavy atom. The lowest BCUT2D eigenvalue weighted by atomic mass is 9.91. The van der Waals surface area contributed by atoms with Gasteiger partial charge in [-0.2, -0.15) is 0 Å². The molecule has 5 rings (SSSR count). The molecule has 1 aromatic heterocycles. The number of ether oxygens (including phenoxy) is 2. The lowest BCUT2D eigenvalue weighted by Gasteiger charge is -2.23. The van der Waals surface area contributed by atoms with E-state index in [2.05, 4.69) is 51.1 Å².